The van der Waals surface area contributed by atoms with Gasteiger partial charge in [-0.1, -0.05) is 68.4 Å². The number of hydrogen-bond acceptors (Lipinski definition) is 4. The first kappa shape index (κ1) is 20.6. The van der Waals surface area contributed by atoms with Crippen LogP contribution in [0.1, 0.15) is 25.0 Å². The van der Waals surface area contributed by atoms with Crippen LogP contribution in [0.15, 0.2) is 94.7 Å². The lowest BCUT2D eigenvalue weighted by atomic mass is 9.78. The molecule has 0 saturated heterocycles. The van der Waals surface area contributed by atoms with Gasteiger partial charge in [0.15, 0.2) is 4.98 Å². The van der Waals surface area contributed by atoms with Crippen molar-refractivity contribution in [3.8, 4) is 5.75 Å². The highest BCUT2D eigenvalue weighted by molar-refractivity contribution is 7.91. The molecule has 0 unspecified atom stereocenters. The smallest absolute Gasteiger partial charge is 0.426 e. The van der Waals surface area contributed by atoms with E-state index in [0.717, 1.165) is 11.1 Å². The molecule has 0 aliphatic heterocycles. The minimum atomic E-state index is -3.83. The topological polar surface area (TPSA) is 82.5 Å². The highest BCUT2D eigenvalue weighted by atomic mass is 32.2. The molecule has 4 aromatic carbocycles. The predicted molar refractivity (Wildman–Crippen MR) is 121 cm³/mol. The lowest BCUT2D eigenvalue weighted by Gasteiger charge is -2.26. The number of hydrogen-bond donors (Lipinski definition) is 1. The zero-order valence-corrected chi connectivity index (χ0v) is 18.0. The molecule has 4 aromatic rings. The zero-order chi connectivity index (χ0) is 22.2. The predicted octanol–water partition coefficient (Wildman–Crippen LogP) is 6.19. The minimum Gasteiger partial charge on any atom is -0.501 e. The Balaban J connectivity index is 1.79. The third-order valence-electron chi connectivity index (χ3n) is 5.75. The fourth-order valence-electron chi connectivity index (χ4n) is 3.82. The van der Waals surface area contributed by atoms with Gasteiger partial charge in [-0.25, -0.2) is 8.42 Å². The van der Waals surface area contributed by atoms with Gasteiger partial charge in [-0.2, -0.15) is 0 Å². The maximum absolute atomic E-state index is 13.4. The van der Waals surface area contributed by atoms with Crippen molar-refractivity contribution in [2.24, 2.45) is 0 Å². The van der Waals surface area contributed by atoms with Gasteiger partial charge in [-0.3, -0.25) is 0 Å². The number of rotatable bonds is 4. The highest BCUT2D eigenvalue weighted by Crippen LogP contribution is 2.39. The summed E-state index contributed by atoms with van der Waals surface area (Å²) in [6.07, 6.45) is 0. The van der Waals surface area contributed by atoms with Gasteiger partial charge in [0.25, 0.3) is 0 Å². The van der Waals surface area contributed by atoms with Crippen LogP contribution in [0.5, 0.6) is 5.75 Å². The van der Waals surface area contributed by atoms with Crippen molar-refractivity contribution in [3.05, 3.63) is 101 Å². The van der Waals surface area contributed by atoms with Gasteiger partial charge in [0.2, 0.25) is 21.0 Å². The summed E-state index contributed by atoms with van der Waals surface area (Å²) < 4.78 is 26.8. The van der Waals surface area contributed by atoms with Gasteiger partial charge >= 0.3 is 5.69 Å². The SMILES string of the molecule is CC(C)(c1ccccc1)c1ccc(S(=O)(=O)c2cccc3c(O)c([N+]#N)ccc23)cc1. The number of diazo groups is 1. The zero-order valence-electron chi connectivity index (χ0n) is 17.1. The molecule has 0 bridgehead atoms. The maximum Gasteiger partial charge on any atom is 0.426 e. The van der Waals surface area contributed by atoms with Gasteiger partial charge in [0, 0.05) is 22.3 Å². The second-order valence-electron chi connectivity index (χ2n) is 7.90. The molecule has 154 valence electrons. The number of benzene rings is 4. The molecule has 0 amide bonds. The Morgan fingerprint density at radius 1 is 0.774 bits per heavy atom. The first-order valence-electron chi connectivity index (χ1n) is 9.78. The van der Waals surface area contributed by atoms with Gasteiger partial charge < -0.3 is 5.11 Å². The van der Waals surface area contributed by atoms with E-state index in [9.17, 15) is 13.5 Å². The molecule has 0 fully saturated rings. The molecule has 31 heavy (non-hydrogen) atoms. The fourth-order valence-corrected chi connectivity index (χ4v) is 5.29. The summed E-state index contributed by atoms with van der Waals surface area (Å²) in [5, 5.41) is 20.0. The molecule has 6 heteroatoms. The second-order valence-corrected chi connectivity index (χ2v) is 9.82. The van der Waals surface area contributed by atoms with Crippen molar-refractivity contribution in [3.63, 3.8) is 0 Å². The van der Waals surface area contributed by atoms with E-state index in [1.54, 1.807) is 24.3 Å². The van der Waals surface area contributed by atoms with Crippen LogP contribution in [0.2, 0.25) is 0 Å². The molecule has 0 aromatic heterocycles. The van der Waals surface area contributed by atoms with Crippen molar-refractivity contribution in [2.75, 3.05) is 0 Å². The van der Waals surface area contributed by atoms with Gasteiger partial charge in [-0.15, -0.1) is 0 Å². The number of aromatic hydroxyl groups is 1. The van der Waals surface area contributed by atoms with E-state index < -0.39 is 9.84 Å². The van der Waals surface area contributed by atoms with E-state index >= 15 is 0 Å². The summed E-state index contributed by atoms with van der Waals surface area (Å²) >= 11 is 0. The van der Waals surface area contributed by atoms with Crippen LogP contribution in [0.4, 0.5) is 5.69 Å². The van der Waals surface area contributed by atoms with E-state index in [2.05, 4.69) is 31.0 Å². The van der Waals surface area contributed by atoms with Crippen molar-refractivity contribution < 1.29 is 13.5 Å². The van der Waals surface area contributed by atoms with E-state index in [0.29, 0.717) is 10.8 Å². The highest BCUT2D eigenvalue weighted by Gasteiger charge is 2.26. The quantitative estimate of drug-likeness (QED) is 0.392. The number of fused-ring (bicyclic) bond motifs is 1. The summed E-state index contributed by atoms with van der Waals surface area (Å²) in [7, 11) is -3.83. The van der Waals surface area contributed by atoms with E-state index in [-0.39, 0.29) is 26.6 Å². The lowest BCUT2D eigenvalue weighted by molar-refractivity contribution is 0.484. The minimum absolute atomic E-state index is 0.0189. The summed E-state index contributed by atoms with van der Waals surface area (Å²) in [5.41, 5.74) is 1.84. The van der Waals surface area contributed by atoms with E-state index in [1.165, 1.54) is 18.2 Å². The number of sulfone groups is 1. The summed E-state index contributed by atoms with van der Waals surface area (Å²) in [5.74, 6) is -0.267. The van der Waals surface area contributed by atoms with Crippen LogP contribution >= 0.6 is 0 Å². The lowest BCUT2D eigenvalue weighted by Crippen LogP contribution is -2.18. The van der Waals surface area contributed by atoms with Crippen LogP contribution in [0.25, 0.3) is 15.7 Å². The van der Waals surface area contributed by atoms with Crippen LogP contribution in [-0.2, 0) is 15.3 Å². The molecule has 0 atom stereocenters. The van der Waals surface area contributed by atoms with Crippen LogP contribution < -0.4 is 0 Å². The molecule has 0 saturated carbocycles. The third-order valence-corrected chi connectivity index (χ3v) is 7.58. The molecule has 5 nitrogen and oxygen atoms in total. The molecular weight excluding hydrogens is 408 g/mol. The maximum atomic E-state index is 13.4. The van der Waals surface area contributed by atoms with E-state index in [1.807, 2.05) is 30.3 Å². The Kier molecular flexibility index (Phi) is 5.00. The standard InChI is InChI=1S/C25H20N2O3S/c1-25(2,17-7-4-3-5-8-17)18-11-13-19(14-12-18)31(29,30)23-10-6-9-21-20(23)15-16-22(27-26)24(21)28/h3-16H,1-2H3/p+1. The first-order chi connectivity index (χ1) is 14.8. The Labute approximate surface area is 181 Å². The van der Waals surface area contributed by atoms with Crippen molar-refractivity contribution in [2.45, 2.75) is 29.1 Å². The average Bonchev–Trinajstić information content (AvgIpc) is 2.79. The molecule has 0 radical (unpaired) electrons. The summed E-state index contributed by atoms with van der Waals surface area (Å²) in [6, 6.07) is 24.5. The number of phenols is 1. The Morgan fingerprint density at radius 3 is 2.06 bits per heavy atom. The molecule has 0 aliphatic carbocycles. The van der Waals surface area contributed by atoms with Crippen LogP contribution in [-0.4, -0.2) is 13.5 Å². The molecule has 0 spiro atoms. The average molecular weight is 430 g/mol. The molecular formula is C25H21N2O3S+. The van der Waals surface area contributed by atoms with Gasteiger partial charge in [0.05, 0.1) is 9.79 Å². The normalized spacial score (nSPS) is 11.9. The van der Waals surface area contributed by atoms with Crippen molar-refractivity contribution in [1.29, 1.82) is 5.39 Å². The molecule has 4 rings (SSSR count). The van der Waals surface area contributed by atoms with E-state index in [4.69, 9.17) is 5.39 Å². The molecule has 0 heterocycles. The largest absolute Gasteiger partial charge is 0.501 e. The Bertz CT molecular complexity index is 1420. The molecule has 0 aliphatic rings. The first-order valence-corrected chi connectivity index (χ1v) is 11.3. The van der Waals surface area contributed by atoms with Gasteiger partial charge in [-0.05, 0) is 35.4 Å². The Morgan fingerprint density at radius 2 is 1.42 bits per heavy atom. The molecule has 1 N–H and O–H groups in total. The Hall–Kier alpha value is -3.69. The number of nitrogens with zero attached hydrogens (tertiary/aromatic N) is 2. The third kappa shape index (κ3) is 3.43. The van der Waals surface area contributed by atoms with Crippen molar-refractivity contribution >= 4 is 26.3 Å². The summed E-state index contributed by atoms with van der Waals surface area (Å²) in [4.78, 5) is 3.28. The van der Waals surface area contributed by atoms with Gasteiger partial charge in [0.1, 0.15) is 0 Å². The number of phenolic OH excluding ortho intramolecular Hbond substituents is 1. The second kappa shape index (κ2) is 7.53. The van der Waals surface area contributed by atoms with Crippen LogP contribution in [0, 0.1) is 5.39 Å². The monoisotopic (exact) mass is 429 g/mol. The fraction of sp³-hybridized carbons (Fsp3) is 0.120. The van der Waals surface area contributed by atoms with Crippen molar-refractivity contribution in [1.82, 2.24) is 0 Å². The van der Waals surface area contributed by atoms with Crippen LogP contribution in [0.3, 0.4) is 0 Å². The summed E-state index contributed by atoms with van der Waals surface area (Å²) in [6.45, 7) is 4.20.